The van der Waals surface area contributed by atoms with E-state index in [1.165, 1.54) is 11.0 Å². The van der Waals surface area contributed by atoms with E-state index in [0.29, 0.717) is 30.1 Å². The Morgan fingerprint density at radius 3 is 2.52 bits per heavy atom. The first-order valence-electron chi connectivity index (χ1n) is 9.38. The van der Waals surface area contributed by atoms with Crippen molar-refractivity contribution < 1.29 is 19.6 Å². The van der Waals surface area contributed by atoms with Gasteiger partial charge < -0.3 is 19.6 Å². The maximum atomic E-state index is 13.2. The van der Waals surface area contributed by atoms with E-state index in [1.807, 2.05) is 19.0 Å². The minimum atomic E-state index is -1.31. The molecule has 0 saturated carbocycles. The summed E-state index contributed by atoms with van der Waals surface area (Å²) in [6.07, 6.45) is -1.12. The van der Waals surface area contributed by atoms with Gasteiger partial charge in [0.2, 0.25) is 0 Å². The molecule has 0 bridgehead atoms. The van der Waals surface area contributed by atoms with E-state index < -0.39 is 22.9 Å². The third-order valence-corrected chi connectivity index (χ3v) is 5.25. The Hall–Kier alpha value is -2.97. The number of nitrogens with zero attached hydrogens (tertiary/aromatic N) is 3. The lowest BCUT2D eigenvalue weighted by molar-refractivity contribution is -0.385. The zero-order valence-electron chi connectivity index (χ0n) is 16.7. The van der Waals surface area contributed by atoms with Gasteiger partial charge in [0.05, 0.1) is 23.3 Å². The summed E-state index contributed by atoms with van der Waals surface area (Å²) in [5.74, 6) is -0.397. The van der Waals surface area contributed by atoms with Gasteiger partial charge in [-0.2, -0.15) is 0 Å². The number of carbonyl (C=O) groups excluding carboxylic acids is 1. The maximum absolute atomic E-state index is 13.2. The molecule has 0 saturated heterocycles. The Balaban J connectivity index is 2.10. The largest absolute Gasteiger partial charge is 0.497 e. The van der Waals surface area contributed by atoms with E-state index in [9.17, 15) is 20.0 Å². The summed E-state index contributed by atoms with van der Waals surface area (Å²) in [5, 5.41) is 22.6. The summed E-state index contributed by atoms with van der Waals surface area (Å²) in [6.45, 7) is 0.889. The molecule has 0 aliphatic carbocycles. The molecule has 1 heterocycles. The average molecular weight is 399 g/mol. The van der Waals surface area contributed by atoms with E-state index in [1.54, 1.807) is 43.5 Å². The van der Waals surface area contributed by atoms with E-state index in [0.717, 1.165) is 5.56 Å². The number of ether oxygens (including phenoxy) is 1. The molecule has 8 heteroatoms. The number of aliphatic hydroxyl groups is 1. The Kier molecular flexibility index (Phi) is 6.14. The standard InChI is InChI=1S/C21H25N3O5/c1-22(2)11-12-23-18-5-4-6-19(24(27)28)17(18)13-16(20(25)21(23)26)14-7-9-15(29-3)10-8-14/h4-10,16,20,25H,11-13H2,1-3H3. The minimum absolute atomic E-state index is 0.0437. The number of amides is 1. The van der Waals surface area contributed by atoms with Gasteiger partial charge in [0, 0.05) is 25.1 Å². The number of rotatable bonds is 6. The Labute approximate surface area is 169 Å². The van der Waals surface area contributed by atoms with Crippen LogP contribution in [0.3, 0.4) is 0 Å². The molecule has 0 spiro atoms. The van der Waals surface area contributed by atoms with Crippen molar-refractivity contribution in [1.82, 2.24) is 4.90 Å². The minimum Gasteiger partial charge on any atom is -0.497 e. The van der Waals surface area contributed by atoms with Crippen LogP contribution in [0.15, 0.2) is 42.5 Å². The van der Waals surface area contributed by atoms with Crippen molar-refractivity contribution in [3.05, 3.63) is 63.7 Å². The van der Waals surface area contributed by atoms with E-state index in [2.05, 4.69) is 0 Å². The third kappa shape index (κ3) is 4.23. The van der Waals surface area contributed by atoms with Crippen molar-refractivity contribution >= 4 is 17.3 Å². The molecule has 0 radical (unpaired) electrons. The average Bonchev–Trinajstić information content (AvgIpc) is 2.81. The molecule has 29 heavy (non-hydrogen) atoms. The van der Waals surface area contributed by atoms with Crippen molar-refractivity contribution in [1.29, 1.82) is 0 Å². The van der Waals surface area contributed by atoms with Crippen LogP contribution in [0.5, 0.6) is 5.75 Å². The maximum Gasteiger partial charge on any atom is 0.274 e. The van der Waals surface area contributed by atoms with E-state index in [-0.39, 0.29) is 12.1 Å². The first-order valence-corrected chi connectivity index (χ1v) is 9.38. The summed E-state index contributed by atoms with van der Waals surface area (Å²) in [7, 11) is 5.32. The number of likely N-dealkylation sites (N-methyl/N-ethyl adjacent to an activating group) is 1. The van der Waals surface area contributed by atoms with Crippen LogP contribution in [0, 0.1) is 10.1 Å². The number of anilines is 1. The van der Waals surface area contributed by atoms with Gasteiger partial charge in [0.15, 0.2) is 0 Å². The van der Waals surface area contributed by atoms with Crippen molar-refractivity contribution in [3.63, 3.8) is 0 Å². The van der Waals surface area contributed by atoms with Gasteiger partial charge >= 0.3 is 0 Å². The predicted octanol–water partition coefficient (Wildman–Crippen LogP) is 2.20. The molecule has 2 aromatic carbocycles. The van der Waals surface area contributed by atoms with Crippen LogP contribution < -0.4 is 9.64 Å². The van der Waals surface area contributed by atoms with Gasteiger partial charge in [-0.1, -0.05) is 18.2 Å². The Bertz CT molecular complexity index is 898. The van der Waals surface area contributed by atoms with E-state index in [4.69, 9.17) is 4.74 Å². The molecular formula is C21H25N3O5. The SMILES string of the molecule is COc1ccc(C2Cc3c(cccc3[N+](=O)[O-])N(CCN(C)C)C(=O)C2O)cc1. The topological polar surface area (TPSA) is 96.2 Å². The van der Waals surface area contributed by atoms with Gasteiger partial charge in [-0.05, 0) is 44.3 Å². The highest BCUT2D eigenvalue weighted by molar-refractivity contribution is 5.99. The number of nitro benzene ring substituents is 1. The number of hydrogen-bond donors (Lipinski definition) is 1. The molecule has 3 rings (SSSR count). The van der Waals surface area contributed by atoms with Gasteiger partial charge in [0.1, 0.15) is 11.9 Å². The molecule has 8 nitrogen and oxygen atoms in total. The predicted molar refractivity (Wildman–Crippen MR) is 109 cm³/mol. The highest BCUT2D eigenvalue weighted by Gasteiger charge is 2.39. The monoisotopic (exact) mass is 399 g/mol. The Morgan fingerprint density at radius 1 is 1.24 bits per heavy atom. The highest BCUT2D eigenvalue weighted by atomic mass is 16.6. The summed E-state index contributed by atoms with van der Waals surface area (Å²) < 4.78 is 5.18. The molecule has 1 aliphatic heterocycles. The summed E-state index contributed by atoms with van der Waals surface area (Å²) in [6, 6.07) is 11.8. The number of carbonyl (C=O) groups is 1. The number of fused-ring (bicyclic) bond motifs is 1. The lowest BCUT2D eigenvalue weighted by Gasteiger charge is -2.26. The van der Waals surface area contributed by atoms with Gasteiger partial charge in [-0.15, -0.1) is 0 Å². The lowest BCUT2D eigenvalue weighted by atomic mass is 9.87. The fraction of sp³-hybridized carbons (Fsp3) is 0.381. The van der Waals surface area contributed by atoms with Crippen molar-refractivity contribution in [2.24, 2.45) is 0 Å². The number of aliphatic hydroxyl groups excluding tert-OH is 1. The van der Waals surface area contributed by atoms with Crippen LogP contribution in [0.4, 0.5) is 11.4 Å². The first-order chi connectivity index (χ1) is 13.8. The smallest absolute Gasteiger partial charge is 0.274 e. The second kappa shape index (κ2) is 8.59. The lowest BCUT2D eigenvalue weighted by Crippen LogP contribution is -2.43. The number of nitro groups is 1. The second-order valence-corrected chi connectivity index (χ2v) is 7.35. The molecule has 1 N–H and O–H groups in total. The molecule has 0 aromatic heterocycles. The van der Waals surface area contributed by atoms with Crippen molar-refractivity contribution in [3.8, 4) is 5.75 Å². The van der Waals surface area contributed by atoms with Crippen LogP contribution in [0.2, 0.25) is 0 Å². The molecule has 2 atom stereocenters. The van der Waals surface area contributed by atoms with Crippen LogP contribution in [0.25, 0.3) is 0 Å². The van der Waals surface area contributed by atoms with Crippen molar-refractivity contribution in [2.45, 2.75) is 18.4 Å². The Morgan fingerprint density at radius 2 is 1.93 bits per heavy atom. The summed E-state index contributed by atoms with van der Waals surface area (Å²) in [4.78, 5) is 27.8. The van der Waals surface area contributed by atoms with Gasteiger partial charge in [0.25, 0.3) is 11.6 Å². The quantitative estimate of drug-likeness (QED) is 0.591. The van der Waals surface area contributed by atoms with Crippen LogP contribution in [-0.4, -0.2) is 61.2 Å². The summed E-state index contributed by atoms with van der Waals surface area (Å²) in [5.41, 5.74) is 1.63. The number of methoxy groups -OCH3 is 1. The second-order valence-electron chi connectivity index (χ2n) is 7.35. The number of hydrogen-bond acceptors (Lipinski definition) is 6. The molecule has 1 aliphatic rings. The summed E-state index contributed by atoms with van der Waals surface area (Å²) >= 11 is 0. The normalized spacial score (nSPS) is 19.1. The molecule has 154 valence electrons. The third-order valence-electron chi connectivity index (χ3n) is 5.25. The van der Waals surface area contributed by atoms with Crippen LogP contribution >= 0.6 is 0 Å². The molecule has 1 amide bonds. The fourth-order valence-electron chi connectivity index (χ4n) is 3.66. The fourth-order valence-corrected chi connectivity index (χ4v) is 3.66. The van der Waals surface area contributed by atoms with Crippen LogP contribution in [0.1, 0.15) is 17.0 Å². The zero-order valence-corrected chi connectivity index (χ0v) is 16.7. The molecule has 2 aromatic rings. The van der Waals surface area contributed by atoms with E-state index >= 15 is 0 Å². The molecule has 0 fully saturated rings. The highest BCUT2D eigenvalue weighted by Crippen LogP contribution is 2.39. The number of benzene rings is 2. The molecule has 2 unspecified atom stereocenters. The van der Waals surface area contributed by atoms with Gasteiger partial charge in [-0.3, -0.25) is 14.9 Å². The van der Waals surface area contributed by atoms with Crippen molar-refractivity contribution in [2.75, 3.05) is 39.2 Å². The van der Waals surface area contributed by atoms with Crippen LogP contribution in [-0.2, 0) is 11.2 Å². The van der Waals surface area contributed by atoms with Gasteiger partial charge in [-0.25, -0.2) is 0 Å². The zero-order chi connectivity index (χ0) is 21.1. The molecular weight excluding hydrogens is 374 g/mol. The first kappa shape index (κ1) is 20.8.